The minimum atomic E-state index is -0.310. The van der Waals surface area contributed by atoms with Crippen LogP contribution in [0.3, 0.4) is 0 Å². The van der Waals surface area contributed by atoms with E-state index in [1.54, 1.807) is 30.5 Å². The maximum absolute atomic E-state index is 12.5. The number of anilines is 2. The Morgan fingerprint density at radius 2 is 1.83 bits per heavy atom. The van der Waals surface area contributed by atoms with Crippen molar-refractivity contribution >= 4 is 29.0 Å². The molecule has 3 rings (SSSR count). The van der Waals surface area contributed by atoms with Crippen LogP contribution in [0.1, 0.15) is 23.3 Å². The summed E-state index contributed by atoms with van der Waals surface area (Å²) in [7, 11) is 0. The van der Waals surface area contributed by atoms with E-state index >= 15 is 0 Å². The summed E-state index contributed by atoms with van der Waals surface area (Å²) in [6, 6.07) is 7.15. The third kappa shape index (κ3) is 4.18. The molecule has 0 saturated carbocycles. The molecule has 2 N–H and O–H groups in total. The molecule has 120 valence electrons. The SMILES string of the molecule is O=C(Nc1ccc(Cl)cc1)c1nccnc1NC1CCOCC1. The fourth-order valence-corrected chi connectivity index (χ4v) is 2.49. The number of nitrogens with zero attached hydrogens (tertiary/aromatic N) is 2. The highest BCUT2D eigenvalue weighted by Crippen LogP contribution is 2.18. The number of carbonyl (C=O) groups excluding carboxylic acids is 1. The topological polar surface area (TPSA) is 76.1 Å². The Balaban J connectivity index is 1.73. The molecule has 1 amide bonds. The van der Waals surface area contributed by atoms with Crippen LogP contribution < -0.4 is 10.6 Å². The first-order valence-electron chi connectivity index (χ1n) is 7.44. The van der Waals surface area contributed by atoms with Crippen molar-refractivity contribution in [2.24, 2.45) is 0 Å². The van der Waals surface area contributed by atoms with Crippen molar-refractivity contribution in [2.75, 3.05) is 23.8 Å². The molecule has 0 atom stereocenters. The van der Waals surface area contributed by atoms with Crippen molar-refractivity contribution in [3.8, 4) is 0 Å². The van der Waals surface area contributed by atoms with Gasteiger partial charge in [0.05, 0.1) is 0 Å². The summed E-state index contributed by atoms with van der Waals surface area (Å²) in [4.78, 5) is 20.9. The summed E-state index contributed by atoms with van der Waals surface area (Å²) < 4.78 is 5.34. The zero-order chi connectivity index (χ0) is 16.1. The highest BCUT2D eigenvalue weighted by molar-refractivity contribution is 6.30. The highest BCUT2D eigenvalue weighted by Gasteiger charge is 2.19. The van der Waals surface area contributed by atoms with E-state index in [2.05, 4.69) is 20.6 Å². The molecule has 1 saturated heterocycles. The molecule has 6 nitrogen and oxygen atoms in total. The fourth-order valence-electron chi connectivity index (χ4n) is 2.37. The molecule has 1 aliphatic rings. The maximum Gasteiger partial charge on any atom is 0.278 e. The van der Waals surface area contributed by atoms with E-state index in [1.807, 2.05) is 0 Å². The van der Waals surface area contributed by atoms with Gasteiger partial charge in [0.1, 0.15) is 0 Å². The monoisotopic (exact) mass is 332 g/mol. The molecule has 23 heavy (non-hydrogen) atoms. The molecular weight excluding hydrogens is 316 g/mol. The van der Waals surface area contributed by atoms with Gasteiger partial charge in [-0.15, -0.1) is 0 Å². The molecule has 1 aromatic heterocycles. The number of benzene rings is 1. The highest BCUT2D eigenvalue weighted by atomic mass is 35.5. The number of hydrogen-bond donors (Lipinski definition) is 2. The van der Waals surface area contributed by atoms with Crippen LogP contribution in [0, 0.1) is 0 Å². The number of rotatable bonds is 4. The Kier molecular flexibility index (Phi) is 5.05. The second-order valence-electron chi connectivity index (χ2n) is 5.25. The zero-order valence-corrected chi connectivity index (χ0v) is 13.2. The summed E-state index contributed by atoms with van der Waals surface area (Å²) in [6.07, 6.45) is 4.84. The van der Waals surface area contributed by atoms with Gasteiger partial charge in [-0.3, -0.25) is 4.79 Å². The molecule has 7 heteroatoms. The molecule has 0 aliphatic carbocycles. The number of hydrogen-bond acceptors (Lipinski definition) is 5. The Labute approximate surface area is 139 Å². The van der Waals surface area contributed by atoms with Crippen molar-refractivity contribution in [2.45, 2.75) is 18.9 Å². The van der Waals surface area contributed by atoms with Crippen LogP contribution in [0.15, 0.2) is 36.7 Å². The quantitative estimate of drug-likeness (QED) is 0.900. The number of halogens is 1. The Morgan fingerprint density at radius 3 is 2.57 bits per heavy atom. The average molecular weight is 333 g/mol. The summed E-state index contributed by atoms with van der Waals surface area (Å²) in [6.45, 7) is 1.43. The van der Waals surface area contributed by atoms with Gasteiger partial charge in [-0.2, -0.15) is 0 Å². The first kappa shape index (κ1) is 15.7. The minimum Gasteiger partial charge on any atom is -0.381 e. The minimum absolute atomic E-state index is 0.238. The predicted octanol–water partition coefficient (Wildman–Crippen LogP) is 2.97. The molecule has 0 radical (unpaired) electrons. The van der Waals surface area contributed by atoms with E-state index in [1.165, 1.54) is 6.20 Å². The molecule has 2 aromatic rings. The standard InChI is InChI=1S/C16H17ClN4O2/c17-11-1-3-12(4-2-11)21-16(22)14-15(19-8-7-18-14)20-13-5-9-23-10-6-13/h1-4,7-8,13H,5-6,9-10H2,(H,19,20)(H,21,22). The molecule has 0 bridgehead atoms. The number of ether oxygens (including phenoxy) is 1. The molecule has 0 unspecified atom stereocenters. The number of carbonyl (C=O) groups is 1. The third-order valence-electron chi connectivity index (χ3n) is 3.58. The van der Waals surface area contributed by atoms with Crippen LogP contribution >= 0.6 is 11.6 Å². The Bertz CT molecular complexity index is 672. The van der Waals surface area contributed by atoms with Gasteiger partial charge >= 0.3 is 0 Å². The lowest BCUT2D eigenvalue weighted by Gasteiger charge is -2.24. The summed E-state index contributed by atoms with van der Waals surface area (Å²) in [5.41, 5.74) is 0.927. The smallest absolute Gasteiger partial charge is 0.278 e. The average Bonchev–Trinajstić information content (AvgIpc) is 2.58. The molecule has 1 fully saturated rings. The van der Waals surface area contributed by atoms with Crippen LogP contribution in [0.5, 0.6) is 0 Å². The van der Waals surface area contributed by atoms with E-state index in [0.717, 1.165) is 12.8 Å². The second kappa shape index (κ2) is 7.39. The van der Waals surface area contributed by atoms with Crippen molar-refractivity contribution in [3.05, 3.63) is 47.4 Å². The summed E-state index contributed by atoms with van der Waals surface area (Å²) >= 11 is 5.84. The molecule has 1 aromatic carbocycles. The van der Waals surface area contributed by atoms with Crippen molar-refractivity contribution < 1.29 is 9.53 Å². The van der Waals surface area contributed by atoms with Crippen LogP contribution in [0.4, 0.5) is 11.5 Å². The van der Waals surface area contributed by atoms with Crippen LogP contribution in [-0.4, -0.2) is 35.1 Å². The van der Waals surface area contributed by atoms with E-state index < -0.39 is 0 Å². The van der Waals surface area contributed by atoms with Gasteiger partial charge in [0.15, 0.2) is 11.5 Å². The normalized spacial score (nSPS) is 15.2. The van der Waals surface area contributed by atoms with E-state index in [-0.39, 0.29) is 17.6 Å². The Hall–Kier alpha value is -2.18. The zero-order valence-electron chi connectivity index (χ0n) is 12.5. The largest absolute Gasteiger partial charge is 0.381 e. The number of amides is 1. The van der Waals surface area contributed by atoms with Gasteiger partial charge < -0.3 is 15.4 Å². The van der Waals surface area contributed by atoms with Gasteiger partial charge in [0.25, 0.3) is 5.91 Å². The van der Waals surface area contributed by atoms with Gasteiger partial charge in [0, 0.05) is 42.4 Å². The lowest BCUT2D eigenvalue weighted by Crippen LogP contribution is -2.29. The van der Waals surface area contributed by atoms with Gasteiger partial charge in [0.2, 0.25) is 0 Å². The molecule has 1 aliphatic heterocycles. The maximum atomic E-state index is 12.5. The fraction of sp³-hybridized carbons (Fsp3) is 0.312. The first-order valence-corrected chi connectivity index (χ1v) is 7.82. The lowest BCUT2D eigenvalue weighted by atomic mass is 10.1. The van der Waals surface area contributed by atoms with Crippen LogP contribution in [0.2, 0.25) is 5.02 Å². The van der Waals surface area contributed by atoms with Gasteiger partial charge in [-0.25, -0.2) is 9.97 Å². The van der Waals surface area contributed by atoms with Crippen LogP contribution in [-0.2, 0) is 4.74 Å². The summed E-state index contributed by atoms with van der Waals surface area (Å²) in [5.74, 6) is 0.181. The number of nitrogens with one attached hydrogen (secondary N) is 2. The van der Waals surface area contributed by atoms with Crippen molar-refractivity contribution in [1.29, 1.82) is 0 Å². The van der Waals surface area contributed by atoms with Crippen molar-refractivity contribution in [1.82, 2.24) is 9.97 Å². The number of aromatic nitrogens is 2. The van der Waals surface area contributed by atoms with Gasteiger partial charge in [-0.1, -0.05) is 11.6 Å². The molecule has 0 spiro atoms. The molecule has 2 heterocycles. The lowest BCUT2D eigenvalue weighted by molar-refractivity contribution is 0.0903. The van der Waals surface area contributed by atoms with Crippen LogP contribution in [0.25, 0.3) is 0 Å². The summed E-state index contributed by atoms with van der Waals surface area (Å²) in [5, 5.41) is 6.70. The second-order valence-corrected chi connectivity index (χ2v) is 5.68. The van der Waals surface area contributed by atoms with Gasteiger partial charge in [-0.05, 0) is 37.1 Å². The predicted molar refractivity (Wildman–Crippen MR) is 88.9 cm³/mol. The molecular formula is C16H17ClN4O2. The van der Waals surface area contributed by atoms with Crippen molar-refractivity contribution in [3.63, 3.8) is 0 Å². The Morgan fingerprint density at radius 1 is 1.13 bits per heavy atom. The van der Waals surface area contributed by atoms with E-state index in [9.17, 15) is 4.79 Å². The van der Waals surface area contributed by atoms with E-state index in [4.69, 9.17) is 16.3 Å². The third-order valence-corrected chi connectivity index (χ3v) is 3.83. The van der Waals surface area contributed by atoms with E-state index in [0.29, 0.717) is 29.7 Å². The first-order chi connectivity index (χ1) is 11.2.